The Morgan fingerprint density at radius 3 is 1.82 bits per heavy atom. The highest BCUT2D eigenvalue weighted by Crippen LogP contribution is 2.48. The Morgan fingerprint density at radius 1 is 1.18 bits per heavy atom. The molecule has 0 aromatic carbocycles. The van der Waals surface area contributed by atoms with Crippen molar-refractivity contribution in [2.45, 2.75) is 6.92 Å². The summed E-state index contributed by atoms with van der Waals surface area (Å²) in [5, 5.41) is 0. The van der Waals surface area contributed by atoms with Crippen molar-refractivity contribution in [3.8, 4) is 0 Å². The number of nitrogens with two attached hydrogens (primary N) is 1. The fourth-order valence-corrected chi connectivity index (χ4v) is 1.78. The molecule has 2 saturated heterocycles. The largest absolute Gasteiger partial charge is 0.380 e. The van der Waals surface area contributed by atoms with Crippen LogP contribution in [0.3, 0.4) is 0 Å². The standard InChI is InChI=1S/C8H15NO2/c1-7(3-10-4-7)8(2-9)5-11-6-8/h2-6,9H2,1H3. The van der Waals surface area contributed by atoms with Crippen LogP contribution >= 0.6 is 0 Å². The van der Waals surface area contributed by atoms with E-state index in [1.165, 1.54) is 0 Å². The Morgan fingerprint density at radius 2 is 1.73 bits per heavy atom. The van der Waals surface area contributed by atoms with Gasteiger partial charge in [-0.1, -0.05) is 6.92 Å². The zero-order valence-corrected chi connectivity index (χ0v) is 6.93. The fourth-order valence-electron chi connectivity index (χ4n) is 1.78. The van der Waals surface area contributed by atoms with Crippen LogP contribution < -0.4 is 5.73 Å². The number of hydrogen-bond acceptors (Lipinski definition) is 3. The van der Waals surface area contributed by atoms with Crippen molar-refractivity contribution in [1.29, 1.82) is 0 Å². The third-order valence-corrected chi connectivity index (χ3v) is 3.27. The Bertz CT molecular complexity index is 156. The van der Waals surface area contributed by atoms with E-state index >= 15 is 0 Å². The Hall–Kier alpha value is -0.120. The molecular weight excluding hydrogens is 142 g/mol. The summed E-state index contributed by atoms with van der Waals surface area (Å²) in [4.78, 5) is 0. The lowest BCUT2D eigenvalue weighted by atomic mass is 9.61. The first-order chi connectivity index (χ1) is 5.22. The van der Waals surface area contributed by atoms with Crippen molar-refractivity contribution in [3.63, 3.8) is 0 Å². The second kappa shape index (κ2) is 2.19. The maximum atomic E-state index is 5.73. The van der Waals surface area contributed by atoms with Crippen molar-refractivity contribution >= 4 is 0 Å². The molecule has 0 unspecified atom stereocenters. The van der Waals surface area contributed by atoms with Crippen LogP contribution in [0, 0.1) is 10.8 Å². The lowest BCUT2D eigenvalue weighted by Crippen LogP contribution is -2.65. The van der Waals surface area contributed by atoms with Gasteiger partial charge in [-0.15, -0.1) is 0 Å². The number of hydrogen-bond donors (Lipinski definition) is 1. The van der Waals surface area contributed by atoms with E-state index in [-0.39, 0.29) is 5.41 Å². The zero-order valence-electron chi connectivity index (χ0n) is 6.93. The molecular formula is C8H15NO2. The molecule has 2 rings (SSSR count). The van der Waals surface area contributed by atoms with Gasteiger partial charge >= 0.3 is 0 Å². The molecule has 2 aliphatic heterocycles. The van der Waals surface area contributed by atoms with Crippen LogP contribution in [0.4, 0.5) is 0 Å². The van der Waals surface area contributed by atoms with E-state index in [0.29, 0.717) is 5.41 Å². The highest BCUT2D eigenvalue weighted by atomic mass is 16.5. The average Bonchev–Trinajstić information content (AvgIpc) is 1.83. The molecule has 0 bridgehead atoms. The third kappa shape index (κ3) is 0.789. The van der Waals surface area contributed by atoms with Gasteiger partial charge in [-0.25, -0.2) is 0 Å². The van der Waals surface area contributed by atoms with E-state index in [9.17, 15) is 0 Å². The topological polar surface area (TPSA) is 44.5 Å². The van der Waals surface area contributed by atoms with Gasteiger partial charge in [-0.3, -0.25) is 0 Å². The van der Waals surface area contributed by atoms with E-state index in [2.05, 4.69) is 6.92 Å². The van der Waals surface area contributed by atoms with Gasteiger partial charge < -0.3 is 15.2 Å². The average molecular weight is 157 g/mol. The quantitative estimate of drug-likeness (QED) is 0.613. The SMILES string of the molecule is CC1(C2(CN)COC2)COC1. The summed E-state index contributed by atoms with van der Waals surface area (Å²) >= 11 is 0. The Balaban J connectivity index is 2.10. The van der Waals surface area contributed by atoms with Crippen LogP contribution in [0.2, 0.25) is 0 Å². The number of rotatable bonds is 2. The number of ether oxygens (including phenoxy) is 2. The van der Waals surface area contributed by atoms with Crippen LogP contribution in [0.25, 0.3) is 0 Å². The van der Waals surface area contributed by atoms with E-state index in [1.807, 2.05) is 0 Å². The van der Waals surface area contributed by atoms with Crippen LogP contribution in [0.1, 0.15) is 6.92 Å². The smallest absolute Gasteiger partial charge is 0.0564 e. The molecule has 0 radical (unpaired) electrons. The molecule has 64 valence electrons. The minimum absolute atomic E-state index is 0.227. The summed E-state index contributed by atoms with van der Waals surface area (Å²) in [6, 6.07) is 0. The second-order valence-corrected chi connectivity index (χ2v) is 4.03. The molecule has 2 aliphatic rings. The van der Waals surface area contributed by atoms with Crippen molar-refractivity contribution in [2.75, 3.05) is 33.0 Å². The maximum Gasteiger partial charge on any atom is 0.0564 e. The third-order valence-electron chi connectivity index (χ3n) is 3.27. The van der Waals surface area contributed by atoms with Gasteiger partial charge in [0, 0.05) is 17.4 Å². The van der Waals surface area contributed by atoms with Gasteiger partial charge in [-0.2, -0.15) is 0 Å². The van der Waals surface area contributed by atoms with Crippen molar-refractivity contribution in [2.24, 2.45) is 16.6 Å². The van der Waals surface area contributed by atoms with E-state index in [4.69, 9.17) is 15.2 Å². The normalized spacial score (nSPS) is 32.2. The van der Waals surface area contributed by atoms with Gasteiger partial charge in [0.1, 0.15) is 0 Å². The van der Waals surface area contributed by atoms with E-state index < -0.39 is 0 Å². The Labute approximate surface area is 66.8 Å². The summed E-state index contributed by atoms with van der Waals surface area (Å²) in [5.41, 5.74) is 6.25. The minimum atomic E-state index is 0.227. The van der Waals surface area contributed by atoms with Gasteiger partial charge in [0.05, 0.1) is 26.4 Å². The molecule has 3 heteroatoms. The predicted molar refractivity (Wildman–Crippen MR) is 41.2 cm³/mol. The van der Waals surface area contributed by atoms with E-state index in [0.717, 1.165) is 33.0 Å². The molecule has 2 N–H and O–H groups in total. The lowest BCUT2D eigenvalue weighted by molar-refractivity contribution is -0.255. The highest BCUT2D eigenvalue weighted by molar-refractivity contribution is 5.03. The summed E-state index contributed by atoms with van der Waals surface area (Å²) in [6.07, 6.45) is 0. The van der Waals surface area contributed by atoms with Crippen LogP contribution in [0.15, 0.2) is 0 Å². The second-order valence-electron chi connectivity index (χ2n) is 4.03. The van der Waals surface area contributed by atoms with Crippen molar-refractivity contribution in [3.05, 3.63) is 0 Å². The molecule has 0 aromatic rings. The predicted octanol–water partition coefficient (Wildman–Crippen LogP) is -0.00180. The molecule has 0 spiro atoms. The van der Waals surface area contributed by atoms with Crippen LogP contribution in [-0.4, -0.2) is 33.0 Å². The fraction of sp³-hybridized carbons (Fsp3) is 1.00. The Kier molecular flexibility index (Phi) is 1.50. The molecule has 11 heavy (non-hydrogen) atoms. The van der Waals surface area contributed by atoms with E-state index in [1.54, 1.807) is 0 Å². The summed E-state index contributed by atoms with van der Waals surface area (Å²) < 4.78 is 10.4. The molecule has 0 aromatic heterocycles. The molecule has 0 saturated carbocycles. The summed E-state index contributed by atoms with van der Waals surface area (Å²) in [5.74, 6) is 0. The van der Waals surface area contributed by atoms with Gasteiger partial charge in [0.15, 0.2) is 0 Å². The monoisotopic (exact) mass is 157 g/mol. The molecule has 2 heterocycles. The van der Waals surface area contributed by atoms with Crippen LogP contribution in [0.5, 0.6) is 0 Å². The summed E-state index contributed by atoms with van der Waals surface area (Å²) in [7, 11) is 0. The highest BCUT2D eigenvalue weighted by Gasteiger charge is 2.56. The van der Waals surface area contributed by atoms with Gasteiger partial charge in [-0.05, 0) is 0 Å². The van der Waals surface area contributed by atoms with Crippen LogP contribution in [-0.2, 0) is 9.47 Å². The molecule has 0 atom stereocenters. The first-order valence-corrected chi connectivity index (χ1v) is 4.08. The van der Waals surface area contributed by atoms with Gasteiger partial charge in [0.25, 0.3) is 0 Å². The molecule has 0 amide bonds. The first kappa shape index (κ1) is 7.53. The lowest BCUT2D eigenvalue weighted by Gasteiger charge is -2.57. The molecule has 3 nitrogen and oxygen atoms in total. The van der Waals surface area contributed by atoms with Gasteiger partial charge in [0.2, 0.25) is 0 Å². The molecule has 0 aliphatic carbocycles. The van der Waals surface area contributed by atoms with Crippen molar-refractivity contribution in [1.82, 2.24) is 0 Å². The first-order valence-electron chi connectivity index (χ1n) is 4.08. The maximum absolute atomic E-state index is 5.73. The zero-order chi connectivity index (χ0) is 7.95. The molecule has 2 fully saturated rings. The summed E-state index contributed by atoms with van der Waals surface area (Å²) in [6.45, 7) is 6.33. The van der Waals surface area contributed by atoms with Crippen molar-refractivity contribution < 1.29 is 9.47 Å². The minimum Gasteiger partial charge on any atom is -0.380 e.